The van der Waals surface area contributed by atoms with Gasteiger partial charge in [0, 0.05) is 34.2 Å². The van der Waals surface area contributed by atoms with Crippen molar-refractivity contribution in [3.63, 3.8) is 0 Å². The lowest BCUT2D eigenvalue weighted by Gasteiger charge is -2.12. The second-order valence-electron chi connectivity index (χ2n) is 9.86. The van der Waals surface area contributed by atoms with E-state index in [9.17, 15) is 0 Å². The third kappa shape index (κ3) is 8.03. The van der Waals surface area contributed by atoms with Crippen LogP contribution >= 0.6 is 0 Å². The molecule has 46 heavy (non-hydrogen) atoms. The predicted molar refractivity (Wildman–Crippen MR) is 205 cm³/mol. The molecule has 0 saturated carbocycles. The highest BCUT2D eigenvalue weighted by Crippen LogP contribution is 2.37. The molecule has 0 unspecified atom stereocenters. The van der Waals surface area contributed by atoms with E-state index in [0.717, 1.165) is 72.4 Å². The van der Waals surface area contributed by atoms with E-state index in [1.165, 1.54) is 5.56 Å². The topological polar surface area (TPSA) is 38.1 Å². The van der Waals surface area contributed by atoms with Gasteiger partial charge < -0.3 is 0 Å². The normalized spacial score (nSPS) is 12.2. The van der Waals surface area contributed by atoms with Gasteiger partial charge in [0.05, 0.1) is 27.9 Å². The van der Waals surface area contributed by atoms with Crippen molar-refractivity contribution in [1.29, 1.82) is 0 Å². The van der Waals surface area contributed by atoms with E-state index >= 15 is 0 Å². The third-order valence-electron chi connectivity index (χ3n) is 7.24. The zero-order valence-electron chi connectivity index (χ0n) is 28.3. The van der Waals surface area contributed by atoms with E-state index in [1.54, 1.807) is 6.08 Å². The number of aromatic nitrogens is 2. The highest BCUT2D eigenvalue weighted by Gasteiger charge is 2.12. The molecule has 5 aromatic rings. The van der Waals surface area contributed by atoms with E-state index in [2.05, 4.69) is 96.4 Å². The number of pyridine rings is 2. The Morgan fingerprint density at radius 1 is 0.891 bits per heavy atom. The van der Waals surface area contributed by atoms with Gasteiger partial charge in [-0.2, -0.15) is 0 Å². The van der Waals surface area contributed by atoms with Gasteiger partial charge in [0.15, 0.2) is 0 Å². The van der Waals surface area contributed by atoms with Crippen LogP contribution in [0.4, 0.5) is 5.69 Å². The summed E-state index contributed by atoms with van der Waals surface area (Å²) in [5.74, 6) is 2.68. The number of nitrogens with zero attached hydrogens (tertiary/aromatic N) is 3. The number of allylic oxidation sites excluding steroid dienone is 4. The molecular formula is C43H45N3. The maximum absolute atomic E-state index is 5.74. The Labute approximate surface area is 275 Å². The molecule has 0 aliphatic carbocycles. The maximum Gasteiger partial charge on any atom is 0.0789 e. The first-order chi connectivity index (χ1) is 22.6. The lowest BCUT2D eigenvalue weighted by Crippen LogP contribution is -2.28. The number of benzene rings is 3. The smallest absolute Gasteiger partial charge is 0.0789 e. The maximum atomic E-state index is 5.74. The van der Waals surface area contributed by atoms with E-state index in [1.807, 2.05) is 79.0 Å². The van der Waals surface area contributed by atoms with Crippen LogP contribution in [-0.4, -0.2) is 16.2 Å². The number of hydrogen-bond donors (Lipinski definition) is 0. The van der Waals surface area contributed by atoms with Crippen molar-refractivity contribution in [2.45, 2.75) is 54.9 Å². The second-order valence-corrected chi connectivity index (χ2v) is 9.86. The van der Waals surface area contributed by atoms with Gasteiger partial charge in [-0.1, -0.05) is 113 Å². The van der Waals surface area contributed by atoms with E-state index in [0.29, 0.717) is 0 Å². The highest BCUT2D eigenvalue weighted by molar-refractivity contribution is 6.05. The molecule has 0 amide bonds. The molecule has 0 N–H and O–H groups in total. The van der Waals surface area contributed by atoms with Crippen LogP contribution in [0.5, 0.6) is 0 Å². The molecule has 0 radical (unpaired) electrons. The SMILES string of the molecule is C#C/C=c1/nc(-c2cc(C=C)c(N=CC)c3ccccc23)cc/c1=C/Cc1ccc2nc(C(/C=C\C)=C/C)ccc2c1.CC.CC. The lowest BCUT2D eigenvalue weighted by molar-refractivity contribution is 1.21. The van der Waals surface area contributed by atoms with Crippen molar-refractivity contribution in [3.05, 3.63) is 125 Å². The summed E-state index contributed by atoms with van der Waals surface area (Å²) in [6.45, 7) is 18.0. The van der Waals surface area contributed by atoms with Crippen LogP contribution in [0.15, 0.2) is 103 Å². The van der Waals surface area contributed by atoms with Crippen LogP contribution in [0.3, 0.4) is 0 Å². The summed E-state index contributed by atoms with van der Waals surface area (Å²) in [6, 6.07) is 25.2. The fourth-order valence-corrected chi connectivity index (χ4v) is 5.22. The summed E-state index contributed by atoms with van der Waals surface area (Å²) in [7, 11) is 0. The number of hydrogen-bond acceptors (Lipinski definition) is 3. The predicted octanol–water partition coefficient (Wildman–Crippen LogP) is 10.3. The molecule has 3 nitrogen and oxygen atoms in total. The number of rotatable bonds is 7. The molecule has 0 aliphatic heterocycles. The summed E-state index contributed by atoms with van der Waals surface area (Å²) in [5, 5.41) is 5.02. The van der Waals surface area contributed by atoms with E-state index < -0.39 is 0 Å². The molecule has 2 heterocycles. The minimum absolute atomic E-state index is 0.746. The molecule has 0 fully saturated rings. The fourth-order valence-electron chi connectivity index (χ4n) is 5.22. The molecular weight excluding hydrogens is 558 g/mol. The van der Waals surface area contributed by atoms with Gasteiger partial charge >= 0.3 is 0 Å². The van der Waals surface area contributed by atoms with Crippen molar-refractivity contribution in [2.75, 3.05) is 0 Å². The van der Waals surface area contributed by atoms with Crippen molar-refractivity contribution in [3.8, 4) is 23.6 Å². The molecule has 0 saturated heterocycles. The van der Waals surface area contributed by atoms with Gasteiger partial charge in [0.2, 0.25) is 0 Å². The second kappa shape index (κ2) is 17.8. The zero-order chi connectivity index (χ0) is 33.5. The Bertz CT molecular complexity index is 2070. The molecule has 2 aromatic heterocycles. The molecule has 3 aromatic carbocycles. The van der Waals surface area contributed by atoms with E-state index in [4.69, 9.17) is 16.4 Å². The van der Waals surface area contributed by atoms with Crippen molar-refractivity contribution >= 4 is 57.4 Å². The average Bonchev–Trinajstić information content (AvgIpc) is 3.11. The Kier molecular flexibility index (Phi) is 13.6. The molecule has 0 atom stereocenters. The first-order valence-corrected chi connectivity index (χ1v) is 16.1. The van der Waals surface area contributed by atoms with Crippen LogP contribution in [-0.2, 0) is 6.42 Å². The van der Waals surface area contributed by atoms with Crippen molar-refractivity contribution in [1.82, 2.24) is 9.97 Å². The Balaban J connectivity index is 0.00000139. The van der Waals surface area contributed by atoms with E-state index in [-0.39, 0.29) is 0 Å². The van der Waals surface area contributed by atoms with Crippen LogP contribution in [0.25, 0.3) is 56.7 Å². The Morgan fingerprint density at radius 2 is 1.65 bits per heavy atom. The Morgan fingerprint density at radius 3 is 2.33 bits per heavy atom. The Hall–Kier alpha value is -5.33. The van der Waals surface area contributed by atoms with Gasteiger partial charge in [0.25, 0.3) is 0 Å². The fraction of sp³-hybridized carbons (Fsp3) is 0.186. The summed E-state index contributed by atoms with van der Waals surface area (Å²) in [5.41, 5.74) is 8.01. The number of fused-ring (bicyclic) bond motifs is 2. The van der Waals surface area contributed by atoms with Gasteiger partial charge in [-0.25, -0.2) is 9.97 Å². The van der Waals surface area contributed by atoms with Gasteiger partial charge in [0.1, 0.15) is 0 Å². The van der Waals surface area contributed by atoms with Crippen LogP contribution in [0.1, 0.15) is 65.3 Å². The molecule has 232 valence electrons. The van der Waals surface area contributed by atoms with Crippen LogP contribution < -0.4 is 10.6 Å². The van der Waals surface area contributed by atoms with Crippen molar-refractivity contribution < 1.29 is 0 Å². The largest absolute Gasteiger partial charge is 0.260 e. The summed E-state index contributed by atoms with van der Waals surface area (Å²) in [6.07, 6.45) is 20.2. The number of aliphatic imine (C=N–C) groups is 1. The zero-order valence-corrected chi connectivity index (χ0v) is 28.3. The average molecular weight is 604 g/mol. The summed E-state index contributed by atoms with van der Waals surface area (Å²) < 4.78 is 0. The molecule has 5 rings (SSSR count). The standard InChI is InChI=1S/C39H33N3.2C2H6/c1-6-13-28(8-3)36-23-21-31-25-27(18-22-37(31)41-36)17-19-30-20-24-38(42-35(30)14-7-2)34-26-29(9-4)39(40-10-5)33-16-12-11-15-32(33)34;2*1-2/h2,6,8-16,18-26H,4,17H2,1,3,5H3;2*1-2H3/b13-6-,28-8+,30-19-,35-14+,40-10?;;. The van der Waals surface area contributed by atoms with Crippen molar-refractivity contribution in [2.24, 2.45) is 4.99 Å². The molecule has 0 aliphatic rings. The molecule has 0 bridgehead atoms. The highest BCUT2D eigenvalue weighted by atomic mass is 14.7. The summed E-state index contributed by atoms with van der Waals surface area (Å²) in [4.78, 5) is 14.5. The summed E-state index contributed by atoms with van der Waals surface area (Å²) >= 11 is 0. The molecule has 0 spiro atoms. The lowest BCUT2D eigenvalue weighted by atomic mass is 9.96. The monoisotopic (exact) mass is 603 g/mol. The van der Waals surface area contributed by atoms with Crippen LogP contribution in [0, 0.1) is 12.3 Å². The minimum Gasteiger partial charge on any atom is -0.260 e. The first kappa shape index (κ1) is 35.2. The van der Waals surface area contributed by atoms with Gasteiger partial charge in [-0.15, -0.1) is 6.42 Å². The van der Waals surface area contributed by atoms with Crippen LogP contribution in [0.2, 0.25) is 0 Å². The molecule has 3 heteroatoms. The third-order valence-corrected chi connectivity index (χ3v) is 7.24. The quantitative estimate of drug-likeness (QED) is 0.105. The van der Waals surface area contributed by atoms with Gasteiger partial charge in [-0.05, 0) is 79.3 Å². The number of terminal acetylenes is 1. The first-order valence-electron chi connectivity index (χ1n) is 16.1. The van der Waals surface area contributed by atoms with Gasteiger partial charge in [-0.3, -0.25) is 4.99 Å². The minimum atomic E-state index is 0.746.